The highest BCUT2D eigenvalue weighted by Crippen LogP contribution is 2.38. The molecule has 2 N–H and O–H groups in total. The highest BCUT2D eigenvalue weighted by Gasteiger charge is 2.36. The summed E-state index contributed by atoms with van der Waals surface area (Å²) in [6, 6.07) is 12.0. The molecule has 1 amide bonds. The van der Waals surface area contributed by atoms with E-state index in [4.69, 9.17) is 21.4 Å². The van der Waals surface area contributed by atoms with Gasteiger partial charge in [-0.25, -0.2) is 9.78 Å². The molecule has 6 nitrogen and oxygen atoms in total. The van der Waals surface area contributed by atoms with Crippen LogP contribution in [0.25, 0.3) is 0 Å². The molecule has 26 heavy (non-hydrogen) atoms. The number of nitrogens with zero attached hydrogens (tertiary/aromatic N) is 1. The lowest BCUT2D eigenvalue weighted by atomic mass is 9.74. The predicted molar refractivity (Wildman–Crippen MR) is 96.7 cm³/mol. The molecule has 2 heterocycles. The molecule has 1 aliphatic rings. The lowest BCUT2D eigenvalue weighted by Crippen LogP contribution is -2.45. The fraction of sp³-hybridized carbons (Fsp3) is 0.316. The molecule has 1 aromatic carbocycles. The second-order valence-corrected chi connectivity index (χ2v) is 6.68. The van der Waals surface area contributed by atoms with E-state index in [-0.39, 0.29) is 16.8 Å². The van der Waals surface area contributed by atoms with E-state index in [1.54, 1.807) is 0 Å². The smallest absolute Gasteiger partial charge is 0.354 e. The van der Waals surface area contributed by atoms with Gasteiger partial charge >= 0.3 is 5.97 Å². The van der Waals surface area contributed by atoms with Crippen molar-refractivity contribution >= 4 is 23.5 Å². The summed E-state index contributed by atoms with van der Waals surface area (Å²) in [5.41, 5.74) is 0.574. The van der Waals surface area contributed by atoms with E-state index in [9.17, 15) is 9.59 Å². The van der Waals surface area contributed by atoms with Crippen molar-refractivity contribution in [2.75, 3.05) is 19.8 Å². The molecular formula is C19H19ClN2O4. The number of hydrogen-bond donors (Lipinski definition) is 2. The van der Waals surface area contributed by atoms with E-state index in [2.05, 4.69) is 10.3 Å². The summed E-state index contributed by atoms with van der Waals surface area (Å²) in [4.78, 5) is 27.4. The monoisotopic (exact) mass is 374 g/mol. The zero-order chi connectivity index (χ0) is 18.6. The number of ether oxygens (including phenoxy) is 1. The minimum absolute atomic E-state index is 0.0752. The number of halogens is 1. The fourth-order valence-corrected chi connectivity index (χ4v) is 3.55. The van der Waals surface area contributed by atoms with Crippen molar-refractivity contribution < 1.29 is 19.4 Å². The second-order valence-electron chi connectivity index (χ2n) is 6.27. The van der Waals surface area contributed by atoms with Crippen LogP contribution >= 0.6 is 11.6 Å². The average Bonchev–Trinajstić information content (AvgIpc) is 2.67. The highest BCUT2D eigenvalue weighted by atomic mass is 35.5. The van der Waals surface area contributed by atoms with Gasteiger partial charge in [0.1, 0.15) is 11.4 Å². The SMILES string of the molecule is O=C(O)c1cccc(C(=O)NCC2(c3ccccc3Cl)CCOCC2)n1. The van der Waals surface area contributed by atoms with Gasteiger partial charge in [-0.2, -0.15) is 0 Å². The van der Waals surface area contributed by atoms with Crippen molar-refractivity contribution in [3.8, 4) is 0 Å². The average molecular weight is 375 g/mol. The molecule has 0 atom stereocenters. The Bertz CT molecular complexity index is 819. The van der Waals surface area contributed by atoms with Crippen molar-refractivity contribution in [3.05, 3.63) is 64.4 Å². The molecule has 136 valence electrons. The van der Waals surface area contributed by atoms with Crippen LogP contribution in [0.5, 0.6) is 0 Å². The normalized spacial score (nSPS) is 16.0. The van der Waals surface area contributed by atoms with E-state index < -0.39 is 11.9 Å². The maximum Gasteiger partial charge on any atom is 0.354 e. The standard InChI is InChI=1S/C19H19ClN2O4/c20-14-5-2-1-4-13(14)19(8-10-26-11-9-19)12-21-17(23)15-6-3-7-16(22-15)18(24)25/h1-7H,8-12H2,(H,21,23)(H,24,25). The molecule has 0 unspecified atom stereocenters. The number of aromatic nitrogens is 1. The summed E-state index contributed by atoms with van der Waals surface area (Å²) < 4.78 is 5.49. The first kappa shape index (κ1) is 18.4. The lowest BCUT2D eigenvalue weighted by molar-refractivity contribution is 0.0487. The van der Waals surface area contributed by atoms with E-state index in [0.29, 0.717) is 24.8 Å². The van der Waals surface area contributed by atoms with E-state index in [1.807, 2.05) is 24.3 Å². The van der Waals surface area contributed by atoms with E-state index in [1.165, 1.54) is 18.2 Å². The number of rotatable bonds is 5. The van der Waals surface area contributed by atoms with Crippen LogP contribution in [0.3, 0.4) is 0 Å². The van der Waals surface area contributed by atoms with Gasteiger partial charge in [0, 0.05) is 30.2 Å². The number of carbonyl (C=O) groups excluding carboxylic acids is 1. The highest BCUT2D eigenvalue weighted by molar-refractivity contribution is 6.31. The molecular weight excluding hydrogens is 356 g/mol. The molecule has 1 aliphatic heterocycles. The Morgan fingerprint density at radius 1 is 1.12 bits per heavy atom. The van der Waals surface area contributed by atoms with Crippen LogP contribution in [0.2, 0.25) is 5.02 Å². The van der Waals surface area contributed by atoms with Gasteiger partial charge in [0.25, 0.3) is 5.91 Å². The molecule has 0 aliphatic carbocycles. The molecule has 0 saturated carbocycles. The van der Waals surface area contributed by atoms with Gasteiger partial charge in [0.2, 0.25) is 0 Å². The third-order valence-corrected chi connectivity index (χ3v) is 5.01. The number of carboxylic acid groups (broad SMARTS) is 1. The Kier molecular flexibility index (Phi) is 5.54. The van der Waals surface area contributed by atoms with Crippen molar-refractivity contribution in [1.82, 2.24) is 10.3 Å². The van der Waals surface area contributed by atoms with Crippen LogP contribution in [-0.2, 0) is 10.2 Å². The Balaban J connectivity index is 1.80. The first-order chi connectivity index (χ1) is 12.5. The van der Waals surface area contributed by atoms with Crippen molar-refractivity contribution in [3.63, 3.8) is 0 Å². The molecule has 1 fully saturated rings. The summed E-state index contributed by atoms with van der Waals surface area (Å²) >= 11 is 6.40. The van der Waals surface area contributed by atoms with Gasteiger partial charge in [-0.05, 0) is 36.6 Å². The molecule has 1 aromatic heterocycles. The van der Waals surface area contributed by atoms with Crippen LogP contribution in [0.15, 0.2) is 42.5 Å². The fourth-order valence-electron chi connectivity index (χ4n) is 3.22. The number of nitrogens with one attached hydrogen (secondary N) is 1. The Morgan fingerprint density at radius 2 is 1.81 bits per heavy atom. The van der Waals surface area contributed by atoms with Gasteiger partial charge < -0.3 is 15.2 Å². The summed E-state index contributed by atoms with van der Waals surface area (Å²) in [5, 5.41) is 12.6. The van der Waals surface area contributed by atoms with Gasteiger partial charge in [-0.3, -0.25) is 4.79 Å². The maximum atomic E-state index is 12.5. The summed E-state index contributed by atoms with van der Waals surface area (Å²) in [6.45, 7) is 1.56. The number of hydrogen-bond acceptors (Lipinski definition) is 4. The van der Waals surface area contributed by atoms with Gasteiger partial charge in [-0.15, -0.1) is 0 Å². The molecule has 2 aromatic rings. The van der Waals surface area contributed by atoms with E-state index in [0.717, 1.165) is 18.4 Å². The molecule has 0 spiro atoms. The molecule has 1 saturated heterocycles. The lowest BCUT2D eigenvalue weighted by Gasteiger charge is -2.38. The number of carboxylic acids is 1. The first-order valence-corrected chi connectivity index (χ1v) is 8.71. The van der Waals surface area contributed by atoms with Crippen LogP contribution in [0.4, 0.5) is 0 Å². The number of aromatic carboxylic acids is 1. The Labute approximate surface area is 156 Å². The zero-order valence-corrected chi connectivity index (χ0v) is 14.8. The topological polar surface area (TPSA) is 88.5 Å². The molecule has 0 radical (unpaired) electrons. The van der Waals surface area contributed by atoms with Crippen LogP contribution in [0.1, 0.15) is 39.4 Å². The van der Waals surface area contributed by atoms with E-state index >= 15 is 0 Å². The molecule has 0 bridgehead atoms. The molecule has 3 rings (SSSR count). The van der Waals surface area contributed by atoms with Crippen molar-refractivity contribution in [1.29, 1.82) is 0 Å². The number of benzene rings is 1. The number of amides is 1. The van der Waals surface area contributed by atoms with Crippen LogP contribution in [0, 0.1) is 0 Å². The van der Waals surface area contributed by atoms with Crippen molar-refractivity contribution in [2.24, 2.45) is 0 Å². The second kappa shape index (κ2) is 7.85. The van der Waals surface area contributed by atoms with Gasteiger partial charge in [0.05, 0.1) is 0 Å². The predicted octanol–water partition coefficient (Wildman–Crippen LogP) is 2.91. The summed E-state index contributed by atoms with van der Waals surface area (Å²) in [5.74, 6) is -1.58. The first-order valence-electron chi connectivity index (χ1n) is 8.33. The minimum Gasteiger partial charge on any atom is -0.477 e. The zero-order valence-electron chi connectivity index (χ0n) is 14.1. The molecule has 7 heteroatoms. The van der Waals surface area contributed by atoms with Gasteiger partial charge in [0.15, 0.2) is 0 Å². The minimum atomic E-state index is -1.17. The number of pyridine rings is 1. The Hall–Kier alpha value is -2.44. The third kappa shape index (κ3) is 3.86. The summed E-state index contributed by atoms with van der Waals surface area (Å²) in [7, 11) is 0. The third-order valence-electron chi connectivity index (χ3n) is 4.68. The summed E-state index contributed by atoms with van der Waals surface area (Å²) in [6.07, 6.45) is 1.47. The quantitative estimate of drug-likeness (QED) is 0.840. The van der Waals surface area contributed by atoms with Crippen molar-refractivity contribution in [2.45, 2.75) is 18.3 Å². The van der Waals surface area contributed by atoms with Crippen LogP contribution < -0.4 is 5.32 Å². The Morgan fingerprint density at radius 3 is 2.50 bits per heavy atom. The van der Waals surface area contributed by atoms with Crippen LogP contribution in [-0.4, -0.2) is 41.7 Å². The van der Waals surface area contributed by atoms with Gasteiger partial charge in [-0.1, -0.05) is 35.9 Å². The largest absolute Gasteiger partial charge is 0.477 e. The number of carbonyl (C=O) groups is 2. The maximum absolute atomic E-state index is 12.5.